The Morgan fingerprint density at radius 2 is 2.05 bits per heavy atom. The molecule has 1 aromatic rings. The van der Waals surface area contributed by atoms with Crippen molar-refractivity contribution in [3.8, 4) is 0 Å². The van der Waals surface area contributed by atoms with Crippen LogP contribution in [0, 0.1) is 12.3 Å². The van der Waals surface area contributed by atoms with Gasteiger partial charge in [-0.1, -0.05) is 18.5 Å². The lowest BCUT2D eigenvalue weighted by atomic mass is 9.77. The number of sulfonamides is 1. The van der Waals surface area contributed by atoms with Crippen LogP contribution in [-0.4, -0.2) is 42.5 Å². The van der Waals surface area contributed by atoms with Gasteiger partial charge >= 0.3 is 0 Å². The van der Waals surface area contributed by atoms with Gasteiger partial charge in [0.2, 0.25) is 10.0 Å². The Hall–Kier alpha value is -0.690. The molecule has 118 valence electrons. The highest BCUT2D eigenvalue weighted by molar-refractivity contribution is 7.89. The third kappa shape index (κ3) is 3.23. The molecule has 1 aromatic heterocycles. The van der Waals surface area contributed by atoms with E-state index in [1.54, 1.807) is 13.0 Å². The van der Waals surface area contributed by atoms with Crippen molar-refractivity contribution in [3.05, 3.63) is 23.0 Å². The minimum absolute atomic E-state index is 0.110. The number of pyridine rings is 1. The number of nitrogens with zero attached hydrogens (tertiary/aromatic N) is 2. The van der Waals surface area contributed by atoms with Crippen LogP contribution in [0.15, 0.2) is 17.2 Å². The monoisotopic (exact) mass is 332 g/mol. The van der Waals surface area contributed by atoms with Crippen molar-refractivity contribution < 1.29 is 13.5 Å². The molecule has 1 saturated heterocycles. The molecule has 0 aliphatic carbocycles. The normalized spacial score (nSPS) is 19.6. The second-order valence-corrected chi connectivity index (χ2v) is 7.99. The molecule has 1 fully saturated rings. The zero-order chi connectivity index (χ0) is 15.7. The molecule has 21 heavy (non-hydrogen) atoms. The number of aromatic nitrogens is 1. The Bertz CT molecular complexity index is 605. The molecule has 0 aromatic carbocycles. The Morgan fingerprint density at radius 3 is 2.52 bits per heavy atom. The van der Waals surface area contributed by atoms with Gasteiger partial charge in [-0.3, -0.25) is 0 Å². The van der Waals surface area contributed by atoms with Gasteiger partial charge in [0.05, 0.1) is 0 Å². The summed E-state index contributed by atoms with van der Waals surface area (Å²) in [6.07, 6.45) is 3.52. The van der Waals surface area contributed by atoms with E-state index in [0.717, 1.165) is 6.42 Å². The average molecular weight is 333 g/mol. The first kappa shape index (κ1) is 16.7. The minimum atomic E-state index is -3.54. The molecule has 1 aliphatic heterocycles. The van der Waals surface area contributed by atoms with Crippen molar-refractivity contribution >= 4 is 21.6 Å². The molecule has 0 bridgehead atoms. The summed E-state index contributed by atoms with van der Waals surface area (Å²) in [4.78, 5) is 4.10. The second-order valence-electron chi connectivity index (χ2n) is 5.69. The first-order valence-electron chi connectivity index (χ1n) is 7.08. The van der Waals surface area contributed by atoms with E-state index in [1.807, 2.05) is 6.92 Å². The highest BCUT2D eigenvalue weighted by atomic mass is 35.5. The van der Waals surface area contributed by atoms with Crippen LogP contribution in [0.2, 0.25) is 5.15 Å². The average Bonchev–Trinajstić information content (AvgIpc) is 2.50. The maximum atomic E-state index is 12.6. The molecular weight excluding hydrogens is 312 g/mol. The van der Waals surface area contributed by atoms with Gasteiger partial charge in [-0.2, -0.15) is 4.31 Å². The van der Waals surface area contributed by atoms with Crippen molar-refractivity contribution in [1.82, 2.24) is 9.29 Å². The van der Waals surface area contributed by atoms with E-state index < -0.39 is 10.0 Å². The molecule has 0 unspecified atom stereocenters. The van der Waals surface area contributed by atoms with Gasteiger partial charge in [0.1, 0.15) is 10.0 Å². The van der Waals surface area contributed by atoms with Crippen molar-refractivity contribution in [1.29, 1.82) is 0 Å². The summed E-state index contributed by atoms with van der Waals surface area (Å²) in [7, 11) is -3.54. The largest absolute Gasteiger partial charge is 0.396 e. The molecule has 5 nitrogen and oxygen atoms in total. The molecule has 0 atom stereocenters. The predicted octanol–water partition coefficient (Wildman–Crippen LogP) is 2.22. The quantitative estimate of drug-likeness (QED) is 0.858. The van der Waals surface area contributed by atoms with Crippen molar-refractivity contribution in [2.75, 3.05) is 19.7 Å². The zero-order valence-corrected chi connectivity index (χ0v) is 13.9. The van der Waals surface area contributed by atoms with Crippen LogP contribution >= 0.6 is 11.6 Å². The van der Waals surface area contributed by atoms with Crippen LogP contribution in [0.1, 0.15) is 31.7 Å². The predicted molar refractivity (Wildman–Crippen MR) is 81.8 cm³/mol. The van der Waals surface area contributed by atoms with Gasteiger partial charge in [-0.25, -0.2) is 13.4 Å². The lowest BCUT2D eigenvalue weighted by Gasteiger charge is -2.39. The van der Waals surface area contributed by atoms with Gasteiger partial charge in [-0.05, 0) is 43.2 Å². The fourth-order valence-corrected chi connectivity index (χ4v) is 4.22. The molecule has 1 aliphatic rings. The van der Waals surface area contributed by atoms with E-state index in [4.69, 9.17) is 11.6 Å². The van der Waals surface area contributed by atoms with Crippen molar-refractivity contribution in [2.24, 2.45) is 5.41 Å². The SMILES string of the molecule is CCC1(CO)CCN(S(=O)(=O)c2cnc(Cl)c(C)c2)CC1. The number of hydrogen-bond donors (Lipinski definition) is 1. The first-order chi connectivity index (χ1) is 9.84. The summed E-state index contributed by atoms with van der Waals surface area (Å²) in [5.41, 5.74) is 0.508. The number of rotatable bonds is 4. The smallest absolute Gasteiger partial charge is 0.244 e. The summed E-state index contributed by atoms with van der Waals surface area (Å²) in [5, 5.41) is 9.84. The van der Waals surface area contributed by atoms with Gasteiger partial charge in [0.15, 0.2) is 0 Å². The molecular formula is C14H21ClN2O3S. The summed E-state index contributed by atoms with van der Waals surface area (Å²) in [6, 6.07) is 1.55. The van der Waals surface area contributed by atoms with Crippen LogP contribution < -0.4 is 0 Å². The van der Waals surface area contributed by atoms with E-state index in [0.29, 0.717) is 36.6 Å². The maximum absolute atomic E-state index is 12.6. The highest BCUT2D eigenvalue weighted by Gasteiger charge is 2.37. The molecule has 7 heteroatoms. The standard InChI is InChI=1S/C14H21ClN2O3S/c1-3-14(10-18)4-6-17(7-5-14)21(19,20)12-8-11(2)13(15)16-9-12/h8-9,18H,3-7,10H2,1-2H3. The molecule has 0 spiro atoms. The molecule has 0 radical (unpaired) electrons. The van der Waals surface area contributed by atoms with E-state index in [1.165, 1.54) is 10.5 Å². The number of aliphatic hydroxyl groups is 1. The maximum Gasteiger partial charge on any atom is 0.244 e. The zero-order valence-electron chi connectivity index (χ0n) is 12.3. The van der Waals surface area contributed by atoms with E-state index in [9.17, 15) is 13.5 Å². The van der Waals surface area contributed by atoms with Gasteiger partial charge < -0.3 is 5.11 Å². The fraction of sp³-hybridized carbons (Fsp3) is 0.643. The molecule has 2 rings (SSSR count). The summed E-state index contributed by atoms with van der Waals surface area (Å²) in [6.45, 7) is 4.74. The second kappa shape index (κ2) is 6.20. The van der Waals surface area contributed by atoms with Gasteiger partial charge in [0, 0.05) is 25.9 Å². The fourth-order valence-electron chi connectivity index (χ4n) is 2.65. The van der Waals surface area contributed by atoms with Crippen LogP contribution in [0.3, 0.4) is 0 Å². The van der Waals surface area contributed by atoms with E-state index in [-0.39, 0.29) is 16.9 Å². The van der Waals surface area contributed by atoms with Gasteiger partial charge in [0.25, 0.3) is 0 Å². The molecule has 1 N–H and O–H groups in total. The number of halogens is 1. The Kier molecular flexibility index (Phi) is 4.92. The topological polar surface area (TPSA) is 70.5 Å². The lowest BCUT2D eigenvalue weighted by Crippen LogP contribution is -2.44. The van der Waals surface area contributed by atoms with Crippen LogP contribution in [-0.2, 0) is 10.0 Å². The van der Waals surface area contributed by atoms with Crippen LogP contribution in [0.5, 0.6) is 0 Å². The van der Waals surface area contributed by atoms with Crippen LogP contribution in [0.4, 0.5) is 0 Å². The molecule has 0 amide bonds. The first-order valence-corrected chi connectivity index (χ1v) is 8.89. The molecule has 2 heterocycles. The number of hydrogen-bond acceptors (Lipinski definition) is 4. The van der Waals surface area contributed by atoms with Crippen molar-refractivity contribution in [3.63, 3.8) is 0 Å². The number of aliphatic hydroxyl groups excluding tert-OH is 1. The highest BCUT2D eigenvalue weighted by Crippen LogP contribution is 2.36. The van der Waals surface area contributed by atoms with Gasteiger partial charge in [-0.15, -0.1) is 0 Å². The minimum Gasteiger partial charge on any atom is -0.396 e. The van der Waals surface area contributed by atoms with Crippen LogP contribution in [0.25, 0.3) is 0 Å². The Labute approximate surface area is 131 Å². The number of piperidine rings is 1. The third-order valence-electron chi connectivity index (χ3n) is 4.50. The Balaban J connectivity index is 2.20. The summed E-state index contributed by atoms with van der Waals surface area (Å²) in [5.74, 6) is 0. The van der Waals surface area contributed by atoms with Crippen molar-refractivity contribution in [2.45, 2.75) is 38.0 Å². The summed E-state index contributed by atoms with van der Waals surface area (Å²) >= 11 is 5.84. The lowest BCUT2D eigenvalue weighted by molar-refractivity contribution is 0.0647. The third-order valence-corrected chi connectivity index (χ3v) is 6.76. The van der Waals surface area contributed by atoms with E-state index >= 15 is 0 Å². The number of aryl methyl sites for hydroxylation is 1. The Morgan fingerprint density at radius 1 is 1.43 bits per heavy atom. The summed E-state index contributed by atoms with van der Waals surface area (Å²) < 4.78 is 26.7. The van der Waals surface area contributed by atoms with E-state index in [2.05, 4.69) is 4.98 Å². The molecule has 0 saturated carbocycles.